The van der Waals surface area contributed by atoms with Crippen LogP contribution in [0.3, 0.4) is 0 Å². The van der Waals surface area contributed by atoms with Crippen molar-refractivity contribution in [2.45, 2.75) is 45.4 Å². The highest BCUT2D eigenvalue weighted by molar-refractivity contribution is 5.80. The smallest absolute Gasteiger partial charge is 0.0705 e. The molecule has 0 radical (unpaired) electrons. The first-order valence-corrected chi connectivity index (χ1v) is 12.0. The van der Waals surface area contributed by atoms with Crippen LogP contribution >= 0.6 is 0 Å². The highest BCUT2D eigenvalue weighted by atomic mass is 14.7. The number of rotatable bonds is 7. The van der Waals surface area contributed by atoms with Gasteiger partial charge in [0.1, 0.15) is 0 Å². The Labute approximate surface area is 196 Å². The van der Waals surface area contributed by atoms with Crippen LogP contribution < -0.4 is 0 Å². The Morgan fingerprint density at radius 3 is 1.58 bits per heavy atom. The molecule has 0 aliphatic carbocycles. The van der Waals surface area contributed by atoms with E-state index in [1.165, 1.54) is 27.5 Å². The summed E-state index contributed by atoms with van der Waals surface area (Å²) in [7, 11) is 0. The molecule has 2 aromatic heterocycles. The molecule has 164 valence electrons. The van der Waals surface area contributed by atoms with Gasteiger partial charge < -0.3 is 0 Å². The Hall–Kier alpha value is -3.52. The third-order valence-electron chi connectivity index (χ3n) is 6.62. The van der Waals surface area contributed by atoms with Crippen molar-refractivity contribution < 1.29 is 0 Å². The SMILES string of the molecule is CCc1ccc2nc(CC(Cc3ccc4cc(CC)ccc4n3)c3ccccc3)ccc2c1. The maximum Gasteiger partial charge on any atom is 0.0705 e. The van der Waals surface area contributed by atoms with E-state index >= 15 is 0 Å². The number of pyridine rings is 2. The zero-order valence-electron chi connectivity index (χ0n) is 19.5. The summed E-state index contributed by atoms with van der Waals surface area (Å²) in [5.74, 6) is 0.325. The summed E-state index contributed by atoms with van der Waals surface area (Å²) in [4.78, 5) is 10.0. The van der Waals surface area contributed by atoms with Crippen LogP contribution in [-0.2, 0) is 25.7 Å². The molecule has 0 N–H and O–H groups in total. The third-order valence-corrected chi connectivity index (χ3v) is 6.62. The van der Waals surface area contributed by atoms with Gasteiger partial charge in [0.05, 0.1) is 11.0 Å². The molecule has 0 bridgehead atoms. The van der Waals surface area contributed by atoms with Gasteiger partial charge in [0.2, 0.25) is 0 Å². The zero-order valence-corrected chi connectivity index (χ0v) is 19.5. The lowest BCUT2D eigenvalue weighted by Crippen LogP contribution is -2.09. The van der Waals surface area contributed by atoms with E-state index in [0.29, 0.717) is 5.92 Å². The molecular formula is C31H30N2. The van der Waals surface area contributed by atoms with Gasteiger partial charge in [-0.05, 0) is 84.7 Å². The van der Waals surface area contributed by atoms with Gasteiger partial charge in [-0.15, -0.1) is 0 Å². The van der Waals surface area contributed by atoms with Gasteiger partial charge in [0, 0.05) is 22.2 Å². The van der Waals surface area contributed by atoms with Gasteiger partial charge in [-0.2, -0.15) is 0 Å². The molecule has 0 spiro atoms. The first-order valence-electron chi connectivity index (χ1n) is 12.0. The maximum absolute atomic E-state index is 5.01. The molecule has 2 heterocycles. The summed E-state index contributed by atoms with van der Waals surface area (Å²) in [6.07, 6.45) is 3.88. The first kappa shape index (κ1) is 21.3. The monoisotopic (exact) mass is 430 g/mol. The van der Waals surface area contributed by atoms with E-state index in [-0.39, 0.29) is 0 Å². The van der Waals surface area contributed by atoms with Gasteiger partial charge in [-0.25, -0.2) is 0 Å². The Bertz CT molecular complexity index is 1300. The van der Waals surface area contributed by atoms with Crippen LogP contribution in [0.5, 0.6) is 0 Å². The second-order valence-corrected chi connectivity index (χ2v) is 8.88. The molecule has 0 fully saturated rings. The first-order chi connectivity index (χ1) is 16.2. The van der Waals surface area contributed by atoms with Gasteiger partial charge in [-0.3, -0.25) is 9.97 Å². The van der Waals surface area contributed by atoms with Crippen molar-refractivity contribution in [2.75, 3.05) is 0 Å². The van der Waals surface area contributed by atoms with Crippen LogP contribution in [0.25, 0.3) is 21.8 Å². The van der Waals surface area contributed by atoms with E-state index in [0.717, 1.165) is 48.1 Å². The van der Waals surface area contributed by atoms with Crippen LogP contribution in [-0.4, -0.2) is 9.97 Å². The molecule has 2 nitrogen and oxygen atoms in total. The van der Waals surface area contributed by atoms with E-state index in [9.17, 15) is 0 Å². The van der Waals surface area contributed by atoms with Crippen molar-refractivity contribution in [3.63, 3.8) is 0 Å². The minimum absolute atomic E-state index is 0.325. The molecule has 5 rings (SSSR count). The van der Waals surface area contributed by atoms with E-state index in [1.807, 2.05) is 0 Å². The third kappa shape index (κ3) is 4.80. The minimum Gasteiger partial charge on any atom is -0.253 e. The molecule has 5 aromatic rings. The number of nitrogens with zero attached hydrogens (tertiary/aromatic N) is 2. The minimum atomic E-state index is 0.325. The van der Waals surface area contributed by atoms with E-state index in [1.54, 1.807) is 0 Å². The summed E-state index contributed by atoms with van der Waals surface area (Å²) in [6, 6.07) is 32.8. The van der Waals surface area contributed by atoms with Crippen molar-refractivity contribution in [1.82, 2.24) is 9.97 Å². The Morgan fingerprint density at radius 1 is 0.576 bits per heavy atom. The predicted molar refractivity (Wildman–Crippen MR) is 139 cm³/mol. The highest BCUT2D eigenvalue weighted by Gasteiger charge is 2.16. The largest absolute Gasteiger partial charge is 0.253 e. The Balaban J connectivity index is 1.45. The standard InChI is InChI=1S/C31H30N2/c1-3-22-10-16-30-25(18-22)12-14-28(32-30)20-27(24-8-6-5-7-9-24)21-29-15-13-26-19-23(4-2)11-17-31(26)33-29/h5-19,27H,3-4,20-21H2,1-2H3. The van der Waals surface area contributed by atoms with Gasteiger partial charge in [-0.1, -0.05) is 68.4 Å². The number of fused-ring (bicyclic) bond motifs is 2. The molecule has 3 aromatic carbocycles. The summed E-state index contributed by atoms with van der Waals surface area (Å²) in [6.45, 7) is 4.38. The summed E-state index contributed by atoms with van der Waals surface area (Å²) < 4.78 is 0. The second-order valence-electron chi connectivity index (χ2n) is 8.88. The molecule has 0 saturated heterocycles. The molecule has 0 unspecified atom stereocenters. The fraction of sp³-hybridized carbons (Fsp3) is 0.226. The zero-order chi connectivity index (χ0) is 22.6. The molecular weight excluding hydrogens is 400 g/mol. The summed E-state index contributed by atoms with van der Waals surface area (Å²) in [5, 5.41) is 2.44. The van der Waals surface area contributed by atoms with Crippen LogP contribution in [0, 0.1) is 0 Å². The van der Waals surface area contributed by atoms with Crippen molar-refractivity contribution in [3.05, 3.63) is 119 Å². The van der Waals surface area contributed by atoms with Gasteiger partial charge in [0.25, 0.3) is 0 Å². The fourth-order valence-corrected chi connectivity index (χ4v) is 4.64. The van der Waals surface area contributed by atoms with Gasteiger partial charge >= 0.3 is 0 Å². The number of aromatic nitrogens is 2. The van der Waals surface area contributed by atoms with Crippen molar-refractivity contribution in [2.24, 2.45) is 0 Å². The molecule has 33 heavy (non-hydrogen) atoms. The second kappa shape index (κ2) is 9.54. The van der Waals surface area contributed by atoms with Crippen LogP contribution in [0.2, 0.25) is 0 Å². The van der Waals surface area contributed by atoms with Gasteiger partial charge in [0.15, 0.2) is 0 Å². The molecule has 0 saturated carbocycles. The molecule has 0 atom stereocenters. The normalized spacial score (nSPS) is 11.5. The summed E-state index contributed by atoms with van der Waals surface area (Å²) >= 11 is 0. The van der Waals surface area contributed by atoms with Crippen molar-refractivity contribution in [1.29, 1.82) is 0 Å². The predicted octanol–water partition coefficient (Wildman–Crippen LogP) is 7.48. The maximum atomic E-state index is 5.01. The topological polar surface area (TPSA) is 25.8 Å². The highest BCUT2D eigenvalue weighted by Crippen LogP contribution is 2.26. The van der Waals surface area contributed by atoms with E-state index in [4.69, 9.17) is 9.97 Å². The average molecular weight is 431 g/mol. The van der Waals surface area contributed by atoms with Crippen LogP contribution in [0.4, 0.5) is 0 Å². The molecule has 0 amide bonds. The lowest BCUT2D eigenvalue weighted by molar-refractivity contribution is 0.660. The number of benzene rings is 3. The number of hydrogen-bond acceptors (Lipinski definition) is 2. The quantitative estimate of drug-likeness (QED) is 0.267. The number of aryl methyl sites for hydroxylation is 2. The molecule has 0 aliphatic heterocycles. The number of hydrogen-bond donors (Lipinski definition) is 0. The van der Waals surface area contributed by atoms with Crippen molar-refractivity contribution in [3.8, 4) is 0 Å². The Morgan fingerprint density at radius 2 is 1.09 bits per heavy atom. The van der Waals surface area contributed by atoms with Crippen LogP contribution in [0.1, 0.15) is 47.8 Å². The van der Waals surface area contributed by atoms with E-state index in [2.05, 4.69) is 105 Å². The summed E-state index contributed by atoms with van der Waals surface area (Å²) in [5.41, 5.74) is 8.46. The lowest BCUT2D eigenvalue weighted by Gasteiger charge is -2.18. The van der Waals surface area contributed by atoms with Crippen LogP contribution in [0.15, 0.2) is 91.0 Å². The molecule has 2 heteroatoms. The Kier molecular flexibility index (Phi) is 6.17. The van der Waals surface area contributed by atoms with E-state index < -0.39 is 0 Å². The average Bonchev–Trinajstić information content (AvgIpc) is 2.88. The molecule has 0 aliphatic rings. The van der Waals surface area contributed by atoms with Crippen molar-refractivity contribution >= 4 is 21.8 Å². The lowest BCUT2D eigenvalue weighted by atomic mass is 9.89. The fourth-order valence-electron chi connectivity index (χ4n) is 4.64.